The Morgan fingerprint density at radius 2 is 2.08 bits per heavy atom. The van der Waals surface area contributed by atoms with Gasteiger partial charge in [0.2, 0.25) is 15.9 Å². The van der Waals surface area contributed by atoms with E-state index in [1.807, 2.05) is 6.92 Å². The third-order valence-electron chi connectivity index (χ3n) is 4.07. The molecule has 144 valence electrons. The SMILES string of the molecule is CCOCCCNS(=O)(=O)c1ccc2c(c1)CCN2C(=O)CCC(=O)O. The number of aliphatic carboxylic acids is 1. The summed E-state index contributed by atoms with van der Waals surface area (Å²) < 4.78 is 32.4. The molecule has 1 aromatic carbocycles. The molecule has 0 saturated carbocycles. The van der Waals surface area contributed by atoms with Gasteiger partial charge < -0.3 is 14.7 Å². The molecule has 0 radical (unpaired) electrons. The number of benzene rings is 1. The average Bonchev–Trinajstić information content (AvgIpc) is 3.02. The number of nitrogens with zero attached hydrogens (tertiary/aromatic N) is 1. The number of carbonyl (C=O) groups is 2. The van der Waals surface area contributed by atoms with Crippen LogP contribution < -0.4 is 9.62 Å². The maximum absolute atomic E-state index is 12.4. The van der Waals surface area contributed by atoms with E-state index >= 15 is 0 Å². The number of carboxylic acids is 1. The van der Waals surface area contributed by atoms with Gasteiger partial charge in [-0.1, -0.05) is 0 Å². The van der Waals surface area contributed by atoms with Gasteiger partial charge in [-0.3, -0.25) is 9.59 Å². The highest BCUT2D eigenvalue weighted by atomic mass is 32.2. The summed E-state index contributed by atoms with van der Waals surface area (Å²) in [7, 11) is -3.61. The zero-order chi connectivity index (χ0) is 19.2. The van der Waals surface area contributed by atoms with Gasteiger partial charge in [-0.15, -0.1) is 0 Å². The maximum Gasteiger partial charge on any atom is 0.303 e. The number of amides is 1. The summed E-state index contributed by atoms with van der Waals surface area (Å²) in [6, 6.07) is 4.65. The highest BCUT2D eigenvalue weighted by Gasteiger charge is 2.26. The lowest BCUT2D eigenvalue weighted by Crippen LogP contribution is -2.29. The minimum absolute atomic E-state index is 0.0732. The normalized spacial score (nSPS) is 13.7. The van der Waals surface area contributed by atoms with Crippen LogP contribution in [0.2, 0.25) is 0 Å². The Balaban J connectivity index is 2.02. The predicted octanol–water partition coefficient (Wildman–Crippen LogP) is 1.15. The second-order valence-corrected chi connectivity index (χ2v) is 7.69. The van der Waals surface area contributed by atoms with Crippen molar-refractivity contribution in [3.8, 4) is 0 Å². The number of anilines is 1. The Morgan fingerprint density at radius 3 is 2.77 bits per heavy atom. The molecular weight excluding hydrogens is 360 g/mol. The molecule has 0 spiro atoms. The number of hydrogen-bond donors (Lipinski definition) is 2. The van der Waals surface area contributed by atoms with Crippen molar-refractivity contribution in [1.82, 2.24) is 4.72 Å². The lowest BCUT2D eigenvalue weighted by molar-refractivity contribution is -0.138. The Hall–Kier alpha value is -1.97. The van der Waals surface area contributed by atoms with Crippen molar-refractivity contribution in [1.29, 1.82) is 0 Å². The van der Waals surface area contributed by atoms with Gasteiger partial charge in [-0.25, -0.2) is 13.1 Å². The molecule has 1 heterocycles. The number of ether oxygens (including phenoxy) is 1. The van der Waals surface area contributed by atoms with Crippen LogP contribution in [0.5, 0.6) is 0 Å². The fourth-order valence-electron chi connectivity index (χ4n) is 2.76. The highest BCUT2D eigenvalue weighted by molar-refractivity contribution is 7.89. The minimum Gasteiger partial charge on any atom is -0.481 e. The smallest absolute Gasteiger partial charge is 0.303 e. The molecule has 1 aromatic rings. The summed E-state index contributed by atoms with van der Waals surface area (Å²) in [5.41, 5.74) is 1.42. The van der Waals surface area contributed by atoms with Crippen molar-refractivity contribution in [2.75, 3.05) is 31.2 Å². The van der Waals surface area contributed by atoms with Crippen LogP contribution in [0, 0.1) is 0 Å². The summed E-state index contributed by atoms with van der Waals surface area (Å²) in [6.07, 6.45) is 0.838. The van der Waals surface area contributed by atoms with Crippen molar-refractivity contribution in [3.05, 3.63) is 23.8 Å². The van der Waals surface area contributed by atoms with E-state index in [0.717, 1.165) is 5.56 Å². The largest absolute Gasteiger partial charge is 0.481 e. The lowest BCUT2D eigenvalue weighted by atomic mass is 10.2. The Bertz CT molecular complexity index is 763. The fourth-order valence-corrected chi connectivity index (χ4v) is 3.89. The van der Waals surface area contributed by atoms with Crippen LogP contribution in [-0.2, 0) is 30.8 Å². The van der Waals surface area contributed by atoms with Crippen molar-refractivity contribution in [3.63, 3.8) is 0 Å². The standard InChI is InChI=1S/C17H24N2O6S/c1-2-25-11-3-9-18-26(23,24)14-4-5-15-13(12-14)8-10-19(15)16(20)6-7-17(21)22/h4-5,12,18H,2-3,6-11H2,1H3,(H,21,22). The van der Waals surface area contributed by atoms with E-state index in [9.17, 15) is 18.0 Å². The van der Waals surface area contributed by atoms with Crippen LogP contribution >= 0.6 is 0 Å². The quantitative estimate of drug-likeness (QED) is 0.585. The molecule has 0 fully saturated rings. The molecule has 2 N–H and O–H groups in total. The van der Waals surface area contributed by atoms with E-state index in [0.29, 0.717) is 44.8 Å². The molecular formula is C17H24N2O6S. The third-order valence-corrected chi connectivity index (χ3v) is 5.53. The summed E-state index contributed by atoms with van der Waals surface area (Å²) >= 11 is 0. The molecule has 26 heavy (non-hydrogen) atoms. The van der Waals surface area contributed by atoms with Gasteiger partial charge in [0.25, 0.3) is 0 Å². The molecule has 0 bridgehead atoms. The lowest BCUT2D eigenvalue weighted by Gasteiger charge is -2.17. The Kier molecular flexibility index (Phi) is 7.13. The zero-order valence-electron chi connectivity index (χ0n) is 14.7. The van der Waals surface area contributed by atoms with Gasteiger partial charge in [0.1, 0.15) is 0 Å². The molecule has 0 saturated heterocycles. The summed E-state index contributed by atoms with van der Waals surface area (Å²) in [5.74, 6) is -1.29. The van der Waals surface area contributed by atoms with Crippen molar-refractivity contribution < 1.29 is 27.9 Å². The van der Waals surface area contributed by atoms with Crippen molar-refractivity contribution >= 4 is 27.6 Å². The number of carbonyl (C=O) groups excluding carboxylic acids is 1. The molecule has 0 atom stereocenters. The molecule has 1 aliphatic heterocycles. The van der Waals surface area contributed by atoms with E-state index in [1.54, 1.807) is 12.1 Å². The van der Waals surface area contributed by atoms with Crippen molar-refractivity contribution in [2.24, 2.45) is 0 Å². The van der Waals surface area contributed by atoms with E-state index in [-0.39, 0.29) is 23.6 Å². The fraction of sp³-hybridized carbons (Fsp3) is 0.529. The molecule has 0 aromatic heterocycles. The van der Waals surface area contributed by atoms with Gasteiger partial charge >= 0.3 is 5.97 Å². The van der Waals surface area contributed by atoms with Crippen molar-refractivity contribution in [2.45, 2.75) is 37.5 Å². The molecule has 1 aliphatic rings. The predicted molar refractivity (Wildman–Crippen MR) is 95.7 cm³/mol. The Morgan fingerprint density at radius 1 is 1.31 bits per heavy atom. The summed E-state index contributed by atoms with van der Waals surface area (Å²) in [6.45, 7) is 3.69. The molecule has 1 amide bonds. The third kappa shape index (κ3) is 5.26. The first-order valence-corrected chi connectivity index (χ1v) is 10.1. The van der Waals surface area contributed by atoms with Crippen LogP contribution in [0.25, 0.3) is 0 Å². The molecule has 0 unspecified atom stereocenters. The molecule has 8 nitrogen and oxygen atoms in total. The highest BCUT2D eigenvalue weighted by Crippen LogP contribution is 2.30. The second-order valence-electron chi connectivity index (χ2n) is 5.93. The molecule has 9 heteroatoms. The van der Waals surface area contributed by atoms with Crippen LogP contribution in [0.1, 0.15) is 31.7 Å². The van der Waals surface area contributed by atoms with Gasteiger partial charge in [0.05, 0.1) is 11.3 Å². The Labute approximate surface area is 153 Å². The first kappa shape index (κ1) is 20.3. The molecule has 0 aliphatic carbocycles. The number of nitrogens with one attached hydrogen (secondary N) is 1. The van der Waals surface area contributed by atoms with Gasteiger partial charge in [-0.05, 0) is 43.5 Å². The second kappa shape index (κ2) is 9.11. The number of rotatable bonds is 10. The van der Waals surface area contributed by atoms with Gasteiger partial charge in [0.15, 0.2) is 0 Å². The van der Waals surface area contributed by atoms with E-state index in [4.69, 9.17) is 9.84 Å². The molecule has 2 rings (SSSR count). The topological polar surface area (TPSA) is 113 Å². The maximum atomic E-state index is 12.4. The van der Waals surface area contributed by atoms with E-state index in [1.165, 1.54) is 11.0 Å². The van der Waals surface area contributed by atoms with Crippen LogP contribution in [0.15, 0.2) is 23.1 Å². The summed E-state index contributed by atoms with van der Waals surface area (Å²) in [5, 5.41) is 8.69. The van der Waals surface area contributed by atoms with Gasteiger partial charge in [-0.2, -0.15) is 0 Å². The van der Waals surface area contributed by atoms with Crippen LogP contribution in [0.4, 0.5) is 5.69 Å². The minimum atomic E-state index is -3.61. The van der Waals surface area contributed by atoms with E-state index < -0.39 is 16.0 Å². The number of hydrogen-bond acceptors (Lipinski definition) is 5. The van der Waals surface area contributed by atoms with Crippen LogP contribution in [-0.4, -0.2) is 51.7 Å². The average molecular weight is 384 g/mol. The number of sulfonamides is 1. The monoisotopic (exact) mass is 384 g/mol. The first-order chi connectivity index (χ1) is 12.3. The number of carboxylic acid groups (broad SMARTS) is 1. The van der Waals surface area contributed by atoms with Gasteiger partial charge in [0, 0.05) is 38.4 Å². The first-order valence-electron chi connectivity index (χ1n) is 8.57. The van der Waals surface area contributed by atoms with E-state index in [2.05, 4.69) is 4.72 Å². The zero-order valence-corrected chi connectivity index (χ0v) is 15.5. The van der Waals surface area contributed by atoms with Crippen LogP contribution in [0.3, 0.4) is 0 Å². The number of fused-ring (bicyclic) bond motifs is 1. The summed E-state index contributed by atoms with van der Waals surface area (Å²) in [4.78, 5) is 24.4.